The standard InChI is InChI=1S/C15H17N3O3S/c1-8-4-5-11-10(9(8)2)6-12(17-11)14(20)18(15(16)22)7-13(19)21-3/h4,6H,5,7H2,1-3H3,(H2,16,22). The summed E-state index contributed by atoms with van der Waals surface area (Å²) in [6.45, 7) is 3.67. The van der Waals surface area contributed by atoms with E-state index < -0.39 is 11.9 Å². The van der Waals surface area contributed by atoms with Gasteiger partial charge in [0, 0.05) is 12.0 Å². The second-order valence-corrected chi connectivity index (χ2v) is 5.44. The van der Waals surface area contributed by atoms with Crippen LogP contribution in [0, 0.1) is 0 Å². The first kappa shape index (κ1) is 16.1. The molecule has 0 saturated carbocycles. The minimum absolute atomic E-state index is 0.189. The van der Waals surface area contributed by atoms with Crippen molar-refractivity contribution < 1.29 is 14.3 Å². The fourth-order valence-corrected chi connectivity index (χ4v) is 2.39. The molecule has 1 heterocycles. The molecular formula is C15H17N3O3S. The quantitative estimate of drug-likeness (QED) is 0.625. The molecule has 1 amide bonds. The highest BCUT2D eigenvalue weighted by atomic mass is 32.1. The predicted molar refractivity (Wildman–Crippen MR) is 87.1 cm³/mol. The smallest absolute Gasteiger partial charge is 0.325 e. The van der Waals surface area contributed by atoms with Gasteiger partial charge in [0.2, 0.25) is 0 Å². The summed E-state index contributed by atoms with van der Waals surface area (Å²) in [7, 11) is 1.23. The van der Waals surface area contributed by atoms with Gasteiger partial charge in [-0.05, 0) is 37.7 Å². The minimum Gasteiger partial charge on any atom is -0.468 e. The molecule has 1 aliphatic carbocycles. The first-order valence-corrected chi connectivity index (χ1v) is 7.11. The van der Waals surface area contributed by atoms with Crippen molar-refractivity contribution in [1.29, 1.82) is 0 Å². The lowest BCUT2D eigenvalue weighted by atomic mass is 9.92. The molecule has 0 bridgehead atoms. The van der Waals surface area contributed by atoms with Crippen LogP contribution in [0.1, 0.15) is 20.3 Å². The van der Waals surface area contributed by atoms with Crippen LogP contribution in [0.5, 0.6) is 0 Å². The van der Waals surface area contributed by atoms with Crippen molar-refractivity contribution >= 4 is 34.9 Å². The van der Waals surface area contributed by atoms with Gasteiger partial charge in [0.25, 0.3) is 5.91 Å². The van der Waals surface area contributed by atoms with Crippen LogP contribution in [0.2, 0.25) is 0 Å². The van der Waals surface area contributed by atoms with E-state index in [-0.39, 0.29) is 17.4 Å². The SMILES string of the molecule is COC(=O)CN(C(=O)C1=CC2=C(C)C(C)=CCC2=N1)C(N)=S. The number of nitrogens with zero attached hydrogens (tertiary/aromatic N) is 2. The molecule has 7 heteroatoms. The summed E-state index contributed by atoms with van der Waals surface area (Å²) in [5, 5.41) is -0.189. The number of aliphatic imine (C=N–C) groups is 1. The van der Waals surface area contributed by atoms with Gasteiger partial charge in [0.05, 0.1) is 12.8 Å². The Morgan fingerprint density at radius 1 is 1.45 bits per heavy atom. The number of amides is 1. The number of hydrogen-bond acceptors (Lipinski definition) is 5. The Labute approximate surface area is 134 Å². The maximum atomic E-state index is 12.5. The van der Waals surface area contributed by atoms with Crippen molar-refractivity contribution in [3.8, 4) is 0 Å². The maximum absolute atomic E-state index is 12.5. The van der Waals surface area contributed by atoms with Crippen LogP contribution < -0.4 is 5.73 Å². The zero-order valence-corrected chi connectivity index (χ0v) is 13.5. The number of hydrogen-bond donors (Lipinski definition) is 1. The fraction of sp³-hybridized carbons (Fsp3) is 0.333. The number of fused-ring (bicyclic) bond motifs is 1. The molecule has 0 radical (unpaired) electrons. The van der Waals surface area contributed by atoms with Crippen LogP contribution >= 0.6 is 12.2 Å². The third kappa shape index (κ3) is 2.99. The highest BCUT2D eigenvalue weighted by Gasteiger charge is 2.28. The van der Waals surface area contributed by atoms with E-state index in [1.165, 1.54) is 12.7 Å². The molecule has 0 atom stereocenters. The van der Waals surface area contributed by atoms with E-state index in [1.807, 2.05) is 13.8 Å². The molecule has 0 aromatic heterocycles. The van der Waals surface area contributed by atoms with Crippen molar-refractivity contribution in [2.45, 2.75) is 20.3 Å². The highest BCUT2D eigenvalue weighted by molar-refractivity contribution is 7.80. The number of ether oxygens (including phenoxy) is 1. The predicted octanol–water partition coefficient (Wildman–Crippen LogP) is 1.24. The number of allylic oxidation sites excluding steroid dienone is 5. The summed E-state index contributed by atoms with van der Waals surface area (Å²) >= 11 is 4.84. The van der Waals surface area contributed by atoms with E-state index in [4.69, 9.17) is 18.0 Å². The number of methoxy groups -OCH3 is 1. The first-order valence-electron chi connectivity index (χ1n) is 6.71. The Balaban J connectivity index is 2.29. The molecule has 1 aliphatic heterocycles. The number of esters is 1. The van der Waals surface area contributed by atoms with Crippen LogP contribution in [0.3, 0.4) is 0 Å². The van der Waals surface area contributed by atoms with Crippen LogP contribution in [-0.4, -0.2) is 41.3 Å². The Bertz CT molecular complexity index is 686. The van der Waals surface area contributed by atoms with Crippen molar-refractivity contribution in [1.82, 2.24) is 4.90 Å². The summed E-state index contributed by atoms with van der Waals surface area (Å²) in [5.41, 5.74) is 9.80. The number of nitrogens with two attached hydrogens (primary N) is 1. The zero-order chi connectivity index (χ0) is 16.4. The minimum atomic E-state index is -0.599. The monoisotopic (exact) mass is 319 g/mol. The molecule has 2 rings (SSSR count). The Kier molecular flexibility index (Phi) is 4.56. The lowest BCUT2D eigenvalue weighted by Crippen LogP contribution is -2.44. The molecule has 0 aromatic carbocycles. The first-order chi connectivity index (χ1) is 10.3. The van der Waals surface area contributed by atoms with E-state index >= 15 is 0 Å². The van der Waals surface area contributed by atoms with E-state index in [0.29, 0.717) is 6.42 Å². The largest absolute Gasteiger partial charge is 0.468 e. The Hall–Kier alpha value is -2.28. The van der Waals surface area contributed by atoms with Gasteiger partial charge in [0.1, 0.15) is 12.2 Å². The molecule has 116 valence electrons. The van der Waals surface area contributed by atoms with E-state index in [2.05, 4.69) is 15.8 Å². The number of rotatable bonds is 3. The molecule has 0 fully saturated rings. The number of carbonyl (C=O) groups is 2. The molecule has 0 unspecified atom stereocenters. The second kappa shape index (κ2) is 6.23. The summed E-state index contributed by atoms with van der Waals surface area (Å²) < 4.78 is 4.55. The topological polar surface area (TPSA) is 85.0 Å². The highest BCUT2D eigenvalue weighted by Crippen LogP contribution is 2.30. The van der Waals surface area contributed by atoms with Gasteiger partial charge in [-0.25, -0.2) is 4.99 Å². The molecule has 6 nitrogen and oxygen atoms in total. The van der Waals surface area contributed by atoms with E-state index in [1.54, 1.807) is 6.08 Å². The molecule has 2 aliphatic rings. The van der Waals surface area contributed by atoms with Crippen molar-refractivity contribution in [2.75, 3.05) is 13.7 Å². The normalized spacial score (nSPS) is 16.4. The van der Waals surface area contributed by atoms with Gasteiger partial charge in [-0.3, -0.25) is 14.5 Å². The van der Waals surface area contributed by atoms with Gasteiger partial charge in [-0.2, -0.15) is 0 Å². The van der Waals surface area contributed by atoms with Gasteiger partial charge in [0.15, 0.2) is 5.11 Å². The van der Waals surface area contributed by atoms with Crippen LogP contribution in [-0.2, 0) is 14.3 Å². The summed E-state index contributed by atoms with van der Waals surface area (Å²) in [6.07, 6.45) is 4.46. The molecule has 22 heavy (non-hydrogen) atoms. The van der Waals surface area contributed by atoms with Gasteiger partial charge >= 0.3 is 5.97 Å². The Morgan fingerprint density at radius 3 is 2.73 bits per heavy atom. The molecule has 0 aromatic rings. The van der Waals surface area contributed by atoms with Crippen molar-refractivity contribution in [3.05, 3.63) is 34.6 Å². The third-order valence-corrected chi connectivity index (χ3v) is 3.91. The molecular weight excluding hydrogens is 302 g/mol. The summed E-state index contributed by atoms with van der Waals surface area (Å²) in [5.74, 6) is -1.10. The van der Waals surface area contributed by atoms with Crippen LogP contribution in [0.15, 0.2) is 39.6 Å². The van der Waals surface area contributed by atoms with E-state index in [0.717, 1.165) is 21.8 Å². The maximum Gasteiger partial charge on any atom is 0.325 e. The molecule has 0 spiro atoms. The zero-order valence-electron chi connectivity index (χ0n) is 12.7. The number of thiocarbonyl (C=S) groups is 1. The van der Waals surface area contributed by atoms with Crippen molar-refractivity contribution in [3.63, 3.8) is 0 Å². The summed E-state index contributed by atoms with van der Waals surface area (Å²) in [6, 6.07) is 0. The van der Waals surface area contributed by atoms with Crippen LogP contribution in [0.25, 0.3) is 0 Å². The van der Waals surface area contributed by atoms with Crippen LogP contribution in [0.4, 0.5) is 0 Å². The third-order valence-electron chi connectivity index (χ3n) is 3.69. The number of carbonyl (C=O) groups excluding carboxylic acids is 2. The lowest BCUT2D eigenvalue weighted by Gasteiger charge is -2.18. The second-order valence-electron chi connectivity index (χ2n) is 5.02. The van der Waals surface area contributed by atoms with E-state index in [9.17, 15) is 9.59 Å². The van der Waals surface area contributed by atoms with Gasteiger partial charge in [-0.15, -0.1) is 0 Å². The average Bonchev–Trinajstić information content (AvgIpc) is 2.92. The average molecular weight is 319 g/mol. The Morgan fingerprint density at radius 2 is 2.14 bits per heavy atom. The molecule has 0 saturated heterocycles. The molecule has 2 N–H and O–H groups in total. The summed E-state index contributed by atoms with van der Waals surface area (Å²) in [4.78, 5) is 29.2. The van der Waals surface area contributed by atoms with Gasteiger partial charge in [-0.1, -0.05) is 11.6 Å². The van der Waals surface area contributed by atoms with Gasteiger partial charge < -0.3 is 10.5 Å². The lowest BCUT2D eigenvalue weighted by molar-refractivity contribution is -0.143. The van der Waals surface area contributed by atoms with Crippen molar-refractivity contribution in [2.24, 2.45) is 10.7 Å². The fourth-order valence-electron chi connectivity index (χ4n) is 2.24.